The highest BCUT2D eigenvalue weighted by molar-refractivity contribution is 5.89. The van der Waals surface area contributed by atoms with Crippen LogP contribution in [0.25, 0.3) is 0 Å². The zero-order valence-corrected chi connectivity index (χ0v) is 9.79. The summed E-state index contributed by atoms with van der Waals surface area (Å²) in [5.41, 5.74) is 7.58. The molecule has 1 fully saturated rings. The number of benzene rings is 1. The van der Waals surface area contributed by atoms with Crippen LogP contribution in [0.3, 0.4) is 0 Å². The van der Waals surface area contributed by atoms with Gasteiger partial charge < -0.3 is 11.1 Å². The highest BCUT2D eigenvalue weighted by atomic mass is 16.2. The quantitative estimate of drug-likeness (QED) is 0.810. The van der Waals surface area contributed by atoms with E-state index in [1.54, 1.807) is 0 Å². The minimum Gasteiger partial charge on any atom is -0.348 e. The van der Waals surface area contributed by atoms with Crippen LogP contribution < -0.4 is 11.1 Å². The van der Waals surface area contributed by atoms with Crippen molar-refractivity contribution in [1.29, 1.82) is 0 Å². The Labute approximate surface area is 96.0 Å². The van der Waals surface area contributed by atoms with Gasteiger partial charge in [-0.1, -0.05) is 29.8 Å². The number of hydrogen-bond acceptors (Lipinski definition) is 2. The van der Waals surface area contributed by atoms with Gasteiger partial charge in [-0.3, -0.25) is 4.79 Å². The Bertz CT molecular complexity index is 393. The molecule has 0 aliphatic heterocycles. The number of nitrogens with two attached hydrogens (primary N) is 1. The van der Waals surface area contributed by atoms with Gasteiger partial charge in [-0.2, -0.15) is 0 Å². The van der Waals surface area contributed by atoms with Gasteiger partial charge in [0.25, 0.3) is 0 Å². The molecular formula is C13H18N2O. The first kappa shape index (κ1) is 11.1. The Morgan fingerprint density at radius 3 is 2.44 bits per heavy atom. The third kappa shape index (κ3) is 2.25. The summed E-state index contributed by atoms with van der Waals surface area (Å²) >= 11 is 0. The summed E-state index contributed by atoms with van der Waals surface area (Å²) in [4.78, 5) is 11.7. The third-order valence-corrected chi connectivity index (χ3v) is 3.17. The maximum atomic E-state index is 11.7. The predicted molar refractivity (Wildman–Crippen MR) is 63.9 cm³/mol. The Balaban J connectivity index is 2.00. The fourth-order valence-corrected chi connectivity index (χ4v) is 1.64. The fourth-order valence-electron chi connectivity index (χ4n) is 1.64. The normalized spacial score (nSPS) is 18.9. The average Bonchev–Trinajstić information content (AvgIpc) is 2.99. The molecule has 1 saturated carbocycles. The van der Waals surface area contributed by atoms with E-state index in [-0.39, 0.29) is 11.9 Å². The second kappa shape index (κ2) is 3.91. The molecule has 1 aromatic rings. The molecule has 16 heavy (non-hydrogen) atoms. The molecule has 3 N–H and O–H groups in total. The predicted octanol–water partition coefficient (Wildman–Crippen LogP) is 1.66. The van der Waals surface area contributed by atoms with Crippen LogP contribution in [-0.2, 0) is 4.79 Å². The lowest BCUT2D eigenvalue weighted by Crippen LogP contribution is -2.43. The summed E-state index contributed by atoms with van der Waals surface area (Å²) in [6.07, 6.45) is 1.61. The SMILES string of the molecule is Cc1ccc([C@@H](C)NC(=O)C2(N)CC2)cc1. The zero-order chi connectivity index (χ0) is 11.8. The molecule has 3 nitrogen and oxygen atoms in total. The van der Waals surface area contributed by atoms with Crippen molar-refractivity contribution in [2.75, 3.05) is 0 Å². The maximum Gasteiger partial charge on any atom is 0.240 e. The van der Waals surface area contributed by atoms with Gasteiger partial charge in [-0.15, -0.1) is 0 Å². The zero-order valence-electron chi connectivity index (χ0n) is 9.79. The molecule has 1 aliphatic carbocycles. The van der Waals surface area contributed by atoms with Gasteiger partial charge >= 0.3 is 0 Å². The van der Waals surface area contributed by atoms with Crippen molar-refractivity contribution in [2.45, 2.75) is 38.3 Å². The third-order valence-electron chi connectivity index (χ3n) is 3.17. The van der Waals surface area contributed by atoms with E-state index >= 15 is 0 Å². The van der Waals surface area contributed by atoms with Crippen molar-refractivity contribution in [2.24, 2.45) is 5.73 Å². The van der Waals surface area contributed by atoms with Crippen molar-refractivity contribution in [3.05, 3.63) is 35.4 Å². The van der Waals surface area contributed by atoms with Crippen LogP contribution in [0.15, 0.2) is 24.3 Å². The molecule has 1 atom stereocenters. The van der Waals surface area contributed by atoms with E-state index in [0.717, 1.165) is 18.4 Å². The largest absolute Gasteiger partial charge is 0.348 e. The second-order valence-corrected chi connectivity index (χ2v) is 4.76. The first-order valence-electron chi connectivity index (χ1n) is 5.68. The van der Waals surface area contributed by atoms with Crippen molar-refractivity contribution in [3.8, 4) is 0 Å². The monoisotopic (exact) mass is 218 g/mol. The number of amides is 1. The molecular weight excluding hydrogens is 200 g/mol. The van der Waals surface area contributed by atoms with Crippen LogP contribution in [-0.4, -0.2) is 11.4 Å². The van der Waals surface area contributed by atoms with Crippen LogP contribution >= 0.6 is 0 Å². The number of aryl methyl sites for hydroxylation is 1. The molecule has 0 aromatic heterocycles. The topological polar surface area (TPSA) is 55.1 Å². The summed E-state index contributed by atoms with van der Waals surface area (Å²) in [6.45, 7) is 4.03. The number of carbonyl (C=O) groups excluding carboxylic acids is 1. The molecule has 0 heterocycles. The molecule has 0 unspecified atom stereocenters. The lowest BCUT2D eigenvalue weighted by Gasteiger charge is -2.17. The van der Waals surface area contributed by atoms with Crippen LogP contribution in [0.1, 0.15) is 36.9 Å². The molecule has 0 radical (unpaired) electrons. The number of nitrogens with one attached hydrogen (secondary N) is 1. The summed E-state index contributed by atoms with van der Waals surface area (Å²) in [5, 5.41) is 2.95. The summed E-state index contributed by atoms with van der Waals surface area (Å²) in [6, 6.07) is 8.20. The molecule has 3 heteroatoms. The van der Waals surface area contributed by atoms with E-state index < -0.39 is 5.54 Å². The van der Waals surface area contributed by atoms with Crippen molar-refractivity contribution in [1.82, 2.24) is 5.32 Å². The van der Waals surface area contributed by atoms with Gasteiger partial charge in [0.1, 0.15) is 0 Å². The van der Waals surface area contributed by atoms with Crippen LogP contribution in [0, 0.1) is 6.92 Å². The molecule has 0 bridgehead atoms. The van der Waals surface area contributed by atoms with E-state index in [2.05, 4.69) is 5.32 Å². The van der Waals surface area contributed by atoms with Gasteiger partial charge in [-0.05, 0) is 32.3 Å². The lowest BCUT2D eigenvalue weighted by atomic mass is 10.1. The van der Waals surface area contributed by atoms with Crippen LogP contribution in [0.4, 0.5) is 0 Å². The maximum absolute atomic E-state index is 11.7. The Hall–Kier alpha value is -1.35. The standard InChI is InChI=1S/C13H18N2O/c1-9-3-5-11(6-4-9)10(2)15-12(16)13(14)7-8-13/h3-6,10H,7-8,14H2,1-2H3,(H,15,16)/t10-/m1/s1. The van der Waals surface area contributed by atoms with Gasteiger partial charge in [0.2, 0.25) is 5.91 Å². The molecule has 1 aliphatic rings. The summed E-state index contributed by atoms with van der Waals surface area (Å²) < 4.78 is 0. The average molecular weight is 218 g/mol. The second-order valence-electron chi connectivity index (χ2n) is 4.76. The number of carbonyl (C=O) groups is 1. The van der Waals surface area contributed by atoms with E-state index in [1.807, 2.05) is 38.1 Å². The van der Waals surface area contributed by atoms with E-state index in [1.165, 1.54) is 5.56 Å². The van der Waals surface area contributed by atoms with Crippen molar-refractivity contribution >= 4 is 5.91 Å². The first-order chi connectivity index (χ1) is 7.51. The lowest BCUT2D eigenvalue weighted by molar-refractivity contribution is -0.123. The minimum atomic E-state index is -0.584. The van der Waals surface area contributed by atoms with Gasteiger partial charge in [0.05, 0.1) is 11.6 Å². The Morgan fingerprint density at radius 1 is 1.38 bits per heavy atom. The summed E-state index contributed by atoms with van der Waals surface area (Å²) in [7, 11) is 0. The molecule has 86 valence electrons. The van der Waals surface area contributed by atoms with Crippen molar-refractivity contribution in [3.63, 3.8) is 0 Å². The van der Waals surface area contributed by atoms with E-state index in [9.17, 15) is 4.79 Å². The molecule has 1 amide bonds. The van der Waals surface area contributed by atoms with Gasteiger partial charge in [-0.25, -0.2) is 0 Å². The fraction of sp³-hybridized carbons (Fsp3) is 0.462. The van der Waals surface area contributed by atoms with E-state index in [0.29, 0.717) is 0 Å². The molecule has 1 aromatic carbocycles. The minimum absolute atomic E-state index is 0.0223. The van der Waals surface area contributed by atoms with Crippen LogP contribution in [0.2, 0.25) is 0 Å². The van der Waals surface area contributed by atoms with Crippen molar-refractivity contribution < 1.29 is 4.79 Å². The molecule has 2 rings (SSSR count). The van der Waals surface area contributed by atoms with Gasteiger partial charge in [0.15, 0.2) is 0 Å². The van der Waals surface area contributed by atoms with Crippen LogP contribution in [0.5, 0.6) is 0 Å². The molecule has 0 spiro atoms. The summed E-state index contributed by atoms with van der Waals surface area (Å²) in [5.74, 6) is -0.0272. The smallest absolute Gasteiger partial charge is 0.240 e. The first-order valence-corrected chi connectivity index (χ1v) is 5.68. The Morgan fingerprint density at radius 2 is 1.94 bits per heavy atom. The molecule has 0 saturated heterocycles. The van der Waals surface area contributed by atoms with E-state index in [4.69, 9.17) is 5.73 Å². The highest BCUT2D eigenvalue weighted by Crippen LogP contribution is 2.32. The number of hydrogen-bond donors (Lipinski definition) is 2. The van der Waals surface area contributed by atoms with Gasteiger partial charge in [0, 0.05) is 0 Å². The Kier molecular flexibility index (Phi) is 2.72. The highest BCUT2D eigenvalue weighted by Gasteiger charge is 2.46. The number of rotatable bonds is 3.